The SMILES string of the molecule is CCCCc1nc2c([nH]1)c(N)nc1ccc([N+]3(C)CCN(CCOCCN(CCOCCC(C)=O)C(=O)CCOCCOC)CC3)cc12. The molecule has 3 heterocycles. The first-order valence-corrected chi connectivity index (χ1v) is 17.4. The number of rotatable bonds is 22. The van der Waals surface area contributed by atoms with Crippen LogP contribution in [0.5, 0.6) is 0 Å². The molecule has 13 nitrogen and oxygen atoms in total. The number of imidazole rings is 1. The molecule has 13 heteroatoms. The van der Waals surface area contributed by atoms with Gasteiger partial charge in [0.1, 0.15) is 34.1 Å². The van der Waals surface area contributed by atoms with E-state index < -0.39 is 0 Å². The van der Waals surface area contributed by atoms with Gasteiger partial charge in [0.2, 0.25) is 5.91 Å². The monoisotopic (exact) mass is 670 g/mol. The molecule has 0 aliphatic carbocycles. The van der Waals surface area contributed by atoms with E-state index in [0.717, 1.165) is 84.2 Å². The lowest BCUT2D eigenvalue weighted by molar-refractivity contribution is -0.134. The number of piperazine rings is 1. The second kappa shape index (κ2) is 19.1. The number of carbonyl (C=O) groups excluding carboxylic acids is 2. The summed E-state index contributed by atoms with van der Waals surface area (Å²) in [5.74, 6) is 1.55. The highest BCUT2D eigenvalue weighted by Gasteiger charge is 2.31. The van der Waals surface area contributed by atoms with Gasteiger partial charge in [-0.25, -0.2) is 9.97 Å². The molecule has 0 bridgehead atoms. The minimum absolute atomic E-state index is 0.00263. The number of nitrogens with zero attached hydrogens (tertiary/aromatic N) is 5. The largest absolute Gasteiger partial charge is 0.382 e. The molecule has 2 aromatic heterocycles. The number of aromatic amines is 1. The Labute approximate surface area is 284 Å². The highest BCUT2D eigenvalue weighted by Crippen LogP contribution is 2.32. The molecule has 0 spiro atoms. The molecule has 1 aliphatic heterocycles. The number of H-pyrrole nitrogens is 1. The van der Waals surface area contributed by atoms with Crippen molar-refractivity contribution in [3.8, 4) is 0 Å². The minimum atomic E-state index is -0.00263. The zero-order valence-corrected chi connectivity index (χ0v) is 29.4. The highest BCUT2D eigenvalue weighted by molar-refractivity contribution is 6.07. The normalized spacial score (nSPS) is 15.0. The summed E-state index contributed by atoms with van der Waals surface area (Å²) >= 11 is 0. The van der Waals surface area contributed by atoms with E-state index in [-0.39, 0.29) is 18.1 Å². The molecular formula is C35H56N7O6+. The van der Waals surface area contributed by atoms with Gasteiger partial charge in [-0.2, -0.15) is 0 Å². The zero-order valence-electron chi connectivity index (χ0n) is 29.4. The lowest BCUT2D eigenvalue weighted by Crippen LogP contribution is -2.58. The highest BCUT2D eigenvalue weighted by atomic mass is 16.5. The number of aromatic nitrogens is 3. The number of nitrogens with two attached hydrogens (primary N) is 1. The van der Waals surface area contributed by atoms with E-state index >= 15 is 0 Å². The molecule has 266 valence electrons. The number of nitrogens with one attached hydrogen (secondary N) is 1. The van der Waals surface area contributed by atoms with Gasteiger partial charge in [-0.1, -0.05) is 13.3 Å². The summed E-state index contributed by atoms with van der Waals surface area (Å²) in [6, 6.07) is 6.50. The number of methoxy groups -OCH3 is 1. The predicted molar refractivity (Wildman–Crippen MR) is 189 cm³/mol. The second-order valence-corrected chi connectivity index (χ2v) is 12.8. The number of anilines is 1. The molecule has 0 radical (unpaired) electrons. The quantitative estimate of drug-likeness (QED) is 0.121. The zero-order chi connectivity index (χ0) is 34.4. The van der Waals surface area contributed by atoms with E-state index in [9.17, 15) is 9.59 Å². The van der Waals surface area contributed by atoms with Crippen LogP contribution in [0.2, 0.25) is 0 Å². The van der Waals surface area contributed by atoms with E-state index in [2.05, 4.69) is 47.0 Å². The van der Waals surface area contributed by atoms with E-state index in [4.69, 9.17) is 29.7 Å². The van der Waals surface area contributed by atoms with Gasteiger partial charge in [0.25, 0.3) is 0 Å². The number of hydrogen-bond donors (Lipinski definition) is 2. The number of likely N-dealkylation sites (N-methyl/N-ethyl adjacent to an activating group) is 1. The Morgan fingerprint density at radius 3 is 2.40 bits per heavy atom. The van der Waals surface area contributed by atoms with Crippen molar-refractivity contribution >= 4 is 45.1 Å². The summed E-state index contributed by atoms with van der Waals surface area (Å²) in [4.78, 5) is 41.2. The maximum absolute atomic E-state index is 12.9. The number of pyridine rings is 1. The number of fused-ring (bicyclic) bond motifs is 3. The van der Waals surface area contributed by atoms with Gasteiger partial charge < -0.3 is 34.6 Å². The van der Waals surface area contributed by atoms with Crippen molar-refractivity contribution in [3.63, 3.8) is 0 Å². The van der Waals surface area contributed by atoms with Gasteiger partial charge in [-0.3, -0.25) is 19.0 Å². The van der Waals surface area contributed by atoms with Gasteiger partial charge in [-0.15, -0.1) is 0 Å². The number of aryl methyl sites for hydroxylation is 1. The Morgan fingerprint density at radius 1 is 0.979 bits per heavy atom. The number of carbonyl (C=O) groups is 2. The van der Waals surface area contributed by atoms with Crippen LogP contribution in [0.15, 0.2) is 18.2 Å². The molecule has 1 aliphatic rings. The molecule has 3 N–H and O–H groups in total. The molecule has 1 saturated heterocycles. The molecule has 3 aromatic rings. The van der Waals surface area contributed by atoms with Gasteiger partial charge in [0.05, 0.1) is 78.3 Å². The van der Waals surface area contributed by atoms with Crippen LogP contribution in [-0.4, -0.2) is 143 Å². The number of benzene rings is 1. The fourth-order valence-corrected chi connectivity index (χ4v) is 5.91. The summed E-state index contributed by atoms with van der Waals surface area (Å²) < 4.78 is 22.9. The van der Waals surface area contributed by atoms with Crippen LogP contribution in [0.3, 0.4) is 0 Å². The first-order valence-electron chi connectivity index (χ1n) is 17.4. The number of Topliss-reactive ketones (excluding diaryl/α,β-unsaturated/α-hetero) is 1. The molecule has 48 heavy (non-hydrogen) atoms. The molecule has 0 saturated carbocycles. The number of amides is 1. The smallest absolute Gasteiger partial charge is 0.225 e. The van der Waals surface area contributed by atoms with E-state index in [1.165, 1.54) is 5.69 Å². The Kier molecular flexibility index (Phi) is 15.0. The minimum Gasteiger partial charge on any atom is -0.382 e. The van der Waals surface area contributed by atoms with Crippen molar-refractivity contribution in [1.29, 1.82) is 0 Å². The predicted octanol–water partition coefficient (Wildman–Crippen LogP) is 3.18. The van der Waals surface area contributed by atoms with E-state index in [1.807, 2.05) is 0 Å². The van der Waals surface area contributed by atoms with Crippen LogP contribution < -0.4 is 10.2 Å². The number of nitrogen functional groups attached to an aromatic ring is 1. The topological polar surface area (TPSA) is 145 Å². The van der Waals surface area contributed by atoms with Crippen molar-refractivity contribution in [1.82, 2.24) is 29.2 Å². The van der Waals surface area contributed by atoms with Crippen LogP contribution in [0.25, 0.3) is 21.9 Å². The maximum Gasteiger partial charge on any atom is 0.225 e. The average Bonchev–Trinajstić information content (AvgIpc) is 3.52. The summed E-state index contributed by atoms with van der Waals surface area (Å²) in [6.45, 7) is 12.5. The fourth-order valence-electron chi connectivity index (χ4n) is 5.91. The number of hydrogen-bond acceptors (Lipinski definition) is 10. The third-order valence-electron chi connectivity index (χ3n) is 9.10. The second-order valence-electron chi connectivity index (χ2n) is 12.8. The van der Waals surface area contributed by atoms with Gasteiger partial charge in [0.15, 0.2) is 0 Å². The molecular weight excluding hydrogens is 614 g/mol. The Morgan fingerprint density at radius 2 is 1.69 bits per heavy atom. The Balaban J connectivity index is 1.24. The summed E-state index contributed by atoms with van der Waals surface area (Å²) in [6.07, 6.45) is 3.76. The molecule has 1 amide bonds. The van der Waals surface area contributed by atoms with Crippen LogP contribution in [0.1, 0.15) is 45.4 Å². The standard InChI is InChI=1S/C35H56N7O6/c1-5-6-7-31-38-33-29-26-28(8-9-30(29)37-35(36)34(33)39-31)42(3)17-12-40(13-18-42)14-21-48-23-16-41(15-22-46-19-10-27(2)43)32(44)11-20-47-25-24-45-4/h8-9,26H,5-7,10-25H2,1-4H3,(H2,36,37)(H,38,39)/q+1. The number of quaternary nitrogens is 1. The van der Waals surface area contributed by atoms with Crippen molar-refractivity contribution in [2.75, 3.05) is 112 Å². The van der Waals surface area contributed by atoms with Gasteiger partial charge in [-0.05, 0) is 19.4 Å². The number of unbranched alkanes of at least 4 members (excludes halogenated alkanes) is 1. The molecule has 1 aromatic carbocycles. The lowest BCUT2D eigenvalue weighted by Gasteiger charge is -2.41. The fraction of sp³-hybridized carbons (Fsp3) is 0.657. The van der Waals surface area contributed by atoms with Crippen molar-refractivity contribution in [2.24, 2.45) is 0 Å². The van der Waals surface area contributed by atoms with Gasteiger partial charge >= 0.3 is 0 Å². The first-order chi connectivity index (χ1) is 23.2. The van der Waals surface area contributed by atoms with Crippen molar-refractivity contribution in [3.05, 3.63) is 24.0 Å². The summed E-state index contributed by atoms with van der Waals surface area (Å²) in [5, 5.41) is 1.04. The molecule has 0 atom stereocenters. The summed E-state index contributed by atoms with van der Waals surface area (Å²) in [7, 11) is 3.92. The third-order valence-corrected chi connectivity index (χ3v) is 9.10. The van der Waals surface area contributed by atoms with E-state index in [0.29, 0.717) is 71.6 Å². The lowest BCUT2D eigenvalue weighted by atomic mass is 10.1. The molecule has 0 unspecified atom stereocenters. The average molecular weight is 671 g/mol. The number of ketones is 1. The van der Waals surface area contributed by atoms with Crippen LogP contribution in [0.4, 0.5) is 11.5 Å². The van der Waals surface area contributed by atoms with Crippen LogP contribution >= 0.6 is 0 Å². The molecule has 1 fully saturated rings. The van der Waals surface area contributed by atoms with Crippen molar-refractivity contribution < 1.29 is 28.5 Å². The Hall–Kier alpha value is -3.20. The van der Waals surface area contributed by atoms with Crippen molar-refractivity contribution in [2.45, 2.75) is 46.0 Å². The van der Waals surface area contributed by atoms with Crippen LogP contribution in [-0.2, 0) is 35.0 Å². The Bertz CT molecular complexity index is 1460. The van der Waals surface area contributed by atoms with E-state index in [1.54, 1.807) is 18.9 Å². The molecule has 4 rings (SSSR count). The maximum atomic E-state index is 12.9. The van der Waals surface area contributed by atoms with Crippen LogP contribution in [0, 0.1) is 0 Å². The summed E-state index contributed by atoms with van der Waals surface area (Å²) in [5.41, 5.74) is 10.2. The first kappa shape index (κ1) is 37.6. The third kappa shape index (κ3) is 10.9. The number of ether oxygens (including phenoxy) is 4. The van der Waals surface area contributed by atoms with Gasteiger partial charge in [0, 0.05) is 70.2 Å².